The average molecular weight is 321 g/mol. The van der Waals surface area contributed by atoms with E-state index in [9.17, 15) is 9.90 Å². The number of rotatable bonds is 5. The maximum absolute atomic E-state index is 12.7. The standard InChI is InChI=1S/C18H27NO4/c1-18(2,3)23-17(21)16(14-7-5-4-6-8-14)12-19-9-10-22-15(11-19)13-20/h4-8,15-16,20H,9-13H2,1-3H3. The Morgan fingerprint density at radius 3 is 2.70 bits per heavy atom. The summed E-state index contributed by atoms with van der Waals surface area (Å²) in [5.74, 6) is -0.552. The molecular formula is C18H27NO4. The van der Waals surface area contributed by atoms with Crippen molar-refractivity contribution in [3.63, 3.8) is 0 Å². The summed E-state index contributed by atoms with van der Waals surface area (Å²) in [6, 6.07) is 9.72. The lowest BCUT2D eigenvalue weighted by atomic mass is 9.97. The molecule has 1 aromatic rings. The molecule has 1 aliphatic rings. The first-order valence-electron chi connectivity index (χ1n) is 8.11. The first kappa shape index (κ1) is 17.9. The number of aliphatic hydroxyl groups is 1. The van der Waals surface area contributed by atoms with Crippen LogP contribution in [0.1, 0.15) is 32.3 Å². The van der Waals surface area contributed by atoms with E-state index in [1.807, 2.05) is 51.1 Å². The van der Waals surface area contributed by atoms with Crippen LogP contribution in [0, 0.1) is 0 Å². The molecule has 2 unspecified atom stereocenters. The van der Waals surface area contributed by atoms with Gasteiger partial charge in [0.15, 0.2) is 0 Å². The number of nitrogens with zero attached hydrogens (tertiary/aromatic N) is 1. The van der Waals surface area contributed by atoms with E-state index in [-0.39, 0.29) is 24.6 Å². The molecule has 0 radical (unpaired) electrons. The summed E-state index contributed by atoms with van der Waals surface area (Å²) >= 11 is 0. The van der Waals surface area contributed by atoms with Gasteiger partial charge in [-0.1, -0.05) is 30.3 Å². The molecule has 23 heavy (non-hydrogen) atoms. The van der Waals surface area contributed by atoms with Gasteiger partial charge in [0, 0.05) is 19.6 Å². The van der Waals surface area contributed by atoms with Gasteiger partial charge in [0.1, 0.15) is 5.60 Å². The van der Waals surface area contributed by atoms with Crippen LogP contribution in [0.3, 0.4) is 0 Å². The van der Waals surface area contributed by atoms with Crippen molar-refractivity contribution in [3.05, 3.63) is 35.9 Å². The fraction of sp³-hybridized carbons (Fsp3) is 0.611. The maximum atomic E-state index is 12.7. The highest BCUT2D eigenvalue weighted by Gasteiger charge is 2.30. The monoisotopic (exact) mass is 321 g/mol. The third-order valence-electron chi connectivity index (χ3n) is 3.76. The molecule has 0 amide bonds. The second kappa shape index (κ2) is 7.90. The summed E-state index contributed by atoms with van der Waals surface area (Å²) in [6.45, 7) is 8.15. The van der Waals surface area contributed by atoms with Gasteiger partial charge in [-0.2, -0.15) is 0 Å². The van der Waals surface area contributed by atoms with E-state index < -0.39 is 5.60 Å². The number of carbonyl (C=O) groups excluding carboxylic acids is 1. The topological polar surface area (TPSA) is 59.0 Å². The fourth-order valence-electron chi connectivity index (χ4n) is 2.69. The molecule has 0 aliphatic carbocycles. The molecule has 0 aromatic heterocycles. The third kappa shape index (κ3) is 5.61. The zero-order valence-corrected chi connectivity index (χ0v) is 14.2. The van der Waals surface area contributed by atoms with Crippen molar-refractivity contribution < 1.29 is 19.4 Å². The molecule has 2 rings (SSSR count). The van der Waals surface area contributed by atoms with E-state index in [4.69, 9.17) is 9.47 Å². The summed E-state index contributed by atoms with van der Waals surface area (Å²) in [4.78, 5) is 14.8. The quantitative estimate of drug-likeness (QED) is 0.838. The minimum Gasteiger partial charge on any atom is -0.459 e. The van der Waals surface area contributed by atoms with Crippen LogP contribution in [0.2, 0.25) is 0 Å². The van der Waals surface area contributed by atoms with Crippen molar-refractivity contribution in [3.8, 4) is 0 Å². The first-order valence-corrected chi connectivity index (χ1v) is 8.11. The molecule has 1 fully saturated rings. The van der Waals surface area contributed by atoms with Crippen molar-refractivity contribution in [1.29, 1.82) is 0 Å². The summed E-state index contributed by atoms with van der Waals surface area (Å²) in [6.07, 6.45) is -0.182. The predicted molar refractivity (Wildman–Crippen MR) is 88.3 cm³/mol. The van der Waals surface area contributed by atoms with E-state index in [1.54, 1.807) is 0 Å². The second-order valence-corrected chi connectivity index (χ2v) is 6.93. The molecule has 1 N–H and O–H groups in total. The fourth-order valence-corrected chi connectivity index (χ4v) is 2.69. The van der Waals surface area contributed by atoms with Crippen LogP contribution in [0.4, 0.5) is 0 Å². The van der Waals surface area contributed by atoms with Crippen LogP contribution in [-0.4, -0.2) is 60.5 Å². The van der Waals surface area contributed by atoms with E-state index in [2.05, 4.69) is 4.90 Å². The normalized spacial score (nSPS) is 21.0. The smallest absolute Gasteiger partial charge is 0.315 e. The van der Waals surface area contributed by atoms with Gasteiger partial charge >= 0.3 is 5.97 Å². The van der Waals surface area contributed by atoms with E-state index in [0.717, 1.165) is 12.1 Å². The Balaban J connectivity index is 2.12. The Bertz CT molecular complexity index is 497. The lowest BCUT2D eigenvalue weighted by Crippen LogP contribution is -2.46. The Morgan fingerprint density at radius 1 is 1.39 bits per heavy atom. The number of morpholine rings is 1. The zero-order valence-electron chi connectivity index (χ0n) is 14.2. The third-order valence-corrected chi connectivity index (χ3v) is 3.76. The summed E-state index contributed by atoms with van der Waals surface area (Å²) in [5, 5.41) is 9.28. The lowest BCUT2D eigenvalue weighted by Gasteiger charge is -2.34. The number of aliphatic hydroxyl groups excluding tert-OH is 1. The number of carbonyl (C=O) groups is 1. The van der Waals surface area contributed by atoms with E-state index >= 15 is 0 Å². The molecule has 0 spiro atoms. The summed E-state index contributed by atoms with van der Waals surface area (Å²) < 4.78 is 11.1. The molecule has 0 bridgehead atoms. The van der Waals surface area contributed by atoms with Gasteiger partial charge in [-0.25, -0.2) is 0 Å². The molecule has 5 heteroatoms. The number of hydrogen-bond acceptors (Lipinski definition) is 5. The zero-order chi connectivity index (χ0) is 16.9. The minimum atomic E-state index is -0.511. The van der Waals surface area contributed by atoms with Crippen LogP contribution >= 0.6 is 0 Å². The Labute approximate surface area is 138 Å². The Kier molecular flexibility index (Phi) is 6.16. The maximum Gasteiger partial charge on any atom is 0.315 e. The SMILES string of the molecule is CC(C)(C)OC(=O)C(CN1CCOC(CO)C1)c1ccccc1. The first-order chi connectivity index (χ1) is 10.9. The number of ether oxygens (including phenoxy) is 2. The van der Waals surface area contributed by atoms with Crippen molar-refractivity contribution in [2.45, 2.75) is 38.4 Å². The molecule has 2 atom stereocenters. The van der Waals surface area contributed by atoms with Gasteiger partial charge in [0.2, 0.25) is 0 Å². The van der Waals surface area contributed by atoms with Crippen molar-refractivity contribution >= 4 is 5.97 Å². The Morgan fingerprint density at radius 2 is 2.09 bits per heavy atom. The molecule has 0 saturated carbocycles. The predicted octanol–water partition coefficient (Wildman–Crippen LogP) is 1.80. The molecule has 128 valence electrons. The van der Waals surface area contributed by atoms with Gasteiger partial charge in [-0.3, -0.25) is 9.69 Å². The molecule has 1 aliphatic heterocycles. The molecule has 5 nitrogen and oxygen atoms in total. The van der Waals surface area contributed by atoms with Crippen LogP contribution in [0.5, 0.6) is 0 Å². The summed E-state index contributed by atoms with van der Waals surface area (Å²) in [5.41, 5.74) is 0.441. The number of esters is 1. The average Bonchev–Trinajstić information content (AvgIpc) is 2.52. The van der Waals surface area contributed by atoms with E-state index in [0.29, 0.717) is 19.7 Å². The highest BCUT2D eigenvalue weighted by molar-refractivity contribution is 5.78. The van der Waals surface area contributed by atoms with Crippen molar-refractivity contribution in [2.24, 2.45) is 0 Å². The van der Waals surface area contributed by atoms with Crippen molar-refractivity contribution in [2.75, 3.05) is 32.8 Å². The highest BCUT2D eigenvalue weighted by Crippen LogP contribution is 2.23. The Hall–Kier alpha value is -1.43. The minimum absolute atomic E-state index is 0.00105. The molecule has 1 aromatic carbocycles. The van der Waals surface area contributed by atoms with Gasteiger partial charge in [0.25, 0.3) is 0 Å². The van der Waals surface area contributed by atoms with Gasteiger partial charge in [-0.05, 0) is 26.3 Å². The van der Waals surface area contributed by atoms with Crippen LogP contribution in [0.25, 0.3) is 0 Å². The molecule has 1 saturated heterocycles. The highest BCUT2D eigenvalue weighted by atomic mass is 16.6. The summed E-state index contributed by atoms with van der Waals surface area (Å²) in [7, 11) is 0. The lowest BCUT2D eigenvalue weighted by molar-refractivity contribution is -0.157. The number of hydrogen-bond donors (Lipinski definition) is 1. The molecular weight excluding hydrogens is 294 g/mol. The van der Waals surface area contributed by atoms with Crippen LogP contribution in [-0.2, 0) is 14.3 Å². The van der Waals surface area contributed by atoms with Gasteiger partial charge in [-0.15, -0.1) is 0 Å². The second-order valence-electron chi connectivity index (χ2n) is 6.93. The number of benzene rings is 1. The largest absolute Gasteiger partial charge is 0.459 e. The van der Waals surface area contributed by atoms with Crippen LogP contribution < -0.4 is 0 Å². The van der Waals surface area contributed by atoms with Crippen LogP contribution in [0.15, 0.2) is 30.3 Å². The van der Waals surface area contributed by atoms with Gasteiger partial charge in [0.05, 0.1) is 25.2 Å². The molecule has 1 heterocycles. The van der Waals surface area contributed by atoms with E-state index in [1.165, 1.54) is 0 Å². The van der Waals surface area contributed by atoms with Crippen molar-refractivity contribution in [1.82, 2.24) is 4.90 Å². The van der Waals surface area contributed by atoms with Gasteiger partial charge < -0.3 is 14.6 Å².